The topological polar surface area (TPSA) is 52.3 Å². The average Bonchev–Trinajstić information content (AvgIpc) is 2.57. The molecule has 4 heteroatoms. The average molecular weight is 365 g/mol. The second-order valence-electron chi connectivity index (χ2n) is 7.26. The van der Waals surface area contributed by atoms with Gasteiger partial charge in [-0.25, -0.2) is 0 Å². The molecular weight excluding hydrogens is 321 g/mol. The Kier molecular flexibility index (Phi) is 24.9. The van der Waals surface area contributed by atoms with E-state index in [1.807, 2.05) is 0 Å². The largest absolute Gasteiger partial charge is 0.465 e. The molecule has 145 valence electrons. The maximum atomic E-state index is 11.2. The normalized spacial score (nSPS) is 11.8. The minimum Gasteiger partial charge on any atom is -0.465 e. The number of rotatable bonds is 18. The molecule has 0 heterocycles. The number of ether oxygens (including phenoxy) is 1. The summed E-state index contributed by atoms with van der Waals surface area (Å²) in [5, 5.41) is 0. The van der Waals surface area contributed by atoms with E-state index in [2.05, 4.69) is 6.92 Å². The molecule has 0 fully saturated rings. The Morgan fingerprint density at radius 3 is 1.36 bits per heavy atom. The van der Waals surface area contributed by atoms with Crippen LogP contribution in [0.2, 0.25) is 0 Å². The Morgan fingerprint density at radius 2 is 1.04 bits per heavy atom. The zero-order valence-corrected chi connectivity index (χ0v) is 19.5. The Hall–Kier alpha value is 0.430. The van der Waals surface area contributed by atoms with Crippen LogP contribution in [0.5, 0.6) is 0 Å². The van der Waals surface area contributed by atoms with Crippen molar-refractivity contribution in [3.63, 3.8) is 0 Å². The summed E-state index contributed by atoms with van der Waals surface area (Å²) >= 11 is 0. The van der Waals surface area contributed by atoms with Crippen LogP contribution >= 0.6 is 0 Å². The third-order valence-electron chi connectivity index (χ3n) is 4.61. The molecule has 1 atom stereocenters. The minimum absolute atomic E-state index is 0. The van der Waals surface area contributed by atoms with Gasteiger partial charge in [0, 0.05) is 29.6 Å². The summed E-state index contributed by atoms with van der Waals surface area (Å²) in [7, 11) is 0. The van der Waals surface area contributed by atoms with Gasteiger partial charge in [0.1, 0.15) is 6.04 Å². The monoisotopic (exact) mass is 364 g/mol. The molecule has 25 heavy (non-hydrogen) atoms. The van der Waals surface area contributed by atoms with Crippen LogP contribution in [0.3, 0.4) is 0 Å². The second kappa shape index (κ2) is 22.5. The quantitative estimate of drug-likeness (QED) is 0.191. The van der Waals surface area contributed by atoms with Crippen LogP contribution in [0, 0.1) is 0 Å². The first-order chi connectivity index (χ1) is 11.7. The summed E-state index contributed by atoms with van der Waals surface area (Å²) in [5.41, 5.74) is 5.43. The first kappa shape index (κ1) is 27.6. The van der Waals surface area contributed by atoms with Crippen LogP contribution in [0.25, 0.3) is 0 Å². The van der Waals surface area contributed by atoms with E-state index in [9.17, 15) is 4.79 Å². The molecule has 3 nitrogen and oxygen atoms in total. The summed E-state index contributed by atoms with van der Waals surface area (Å²) in [6.45, 7) is 4.47. The molecular formula is C21H43NNaO2. The van der Waals surface area contributed by atoms with Gasteiger partial charge in [0.2, 0.25) is 0 Å². The van der Waals surface area contributed by atoms with Crippen LogP contribution in [-0.4, -0.2) is 48.2 Å². The molecule has 0 bridgehead atoms. The fourth-order valence-electron chi connectivity index (χ4n) is 2.95. The zero-order chi connectivity index (χ0) is 17.9. The van der Waals surface area contributed by atoms with Gasteiger partial charge in [-0.05, 0) is 13.3 Å². The molecule has 0 aromatic carbocycles. The molecule has 0 rings (SSSR count). The molecule has 0 saturated heterocycles. The number of carbonyl (C=O) groups is 1. The van der Waals surface area contributed by atoms with Crippen LogP contribution in [0.4, 0.5) is 0 Å². The Morgan fingerprint density at radius 1 is 0.720 bits per heavy atom. The number of hydrogen-bond donors (Lipinski definition) is 1. The summed E-state index contributed by atoms with van der Waals surface area (Å²) in [6, 6.07) is -0.494. The molecule has 0 aliphatic heterocycles. The van der Waals surface area contributed by atoms with Gasteiger partial charge in [-0.2, -0.15) is 0 Å². The first-order valence-corrected chi connectivity index (χ1v) is 10.6. The SMILES string of the molecule is CCCCCCCCCCCCCCCCCCOC(=O)C(C)N.[Na]. The summed E-state index contributed by atoms with van der Waals surface area (Å²) in [4.78, 5) is 11.2. The molecule has 0 saturated carbocycles. The van der Waals surface area contributed by atoms with Gasteiger partial charge in [0.15, 0.2) is 0 Å². The van der Waals surface area contributed by atoms with Crippen molar-refractivity contribution in [2.75, 3.05) is 6.61 Å². The number of esters is 1. The summed E-state index contributed by atoms with van der Waals surface area (Å²) < 4.78 is 5.06. The molecule has 0 aliphatic rings. The fraction of sp³-hybridized carbons (Fsp3) is 0.952. The maximum absolute atomic E-state index is 11.2. The van der Waals surface area contributed by atoms with Gasteiger partial charge in [-0.3, -0.25) is 4.79 Å². The van der Waals surface area contributed by atoms with Gasteiger partial charge < -0.3 is 10.5 Å². The smallest absolute Gasteiger partial charge is 0.322 e. The van der Waals surface area contributed by atoms with Crippen molar-refractivity contribution in [2.45, 2.75) is 123 Å². The van der Waals surface area contributed by atoms with E-state index >= 15 is 0 Å². The first-order valence-electron chi connectivity index (χ1n) is 10.6. The predicted octanol–water partition coefficient (Wildman–Crippen LogP) is 5.76. The molecule has 0 aromatic rings. The Balaban J connectivity index is 0. The van der Waals surface area contributed by atoms with Crippen molar-refractivity contribution >= 4 is 35.5 Å². The second-order valence-corrected chi connectivity index (χ2v) is 7.26. The molecule has 0 spiro atoms. The van der Waals surface area contributed by atoms with Gasteiger partial charge in [0.25, 0.3) is 0 Å². The number of hydrogen-bond acceptors (Lipinski definition) is 3. The van der Waals surface area contributed by atoms with E-state index in [-0.39, 0.29) is 35.5 Å². The van der Waals surface area contributed by atoms with E-state index in [4.69, 9.17) is 10.5 Å². The Bertz CT molecular complexity index is 273. The van der Waals surface area contributed by atoms with Crippen LogP contribution in [-0.2, 0) is 9.53 Å². The molecule has 0 amide bonds. The van der Waals surface area contributed by atoms with E-state index in [1.54, 1.807) is 6.92 Å². The van der Waals surface area contributed by atoms with Crippen LogP contribution in [0.1, 0.15) is 117 Å². The molecule has 2 N–H and O–H groups in total. The fourth-order valence-corrected chi connectivity index (χ4v) is 2.95. The number of unbranched alkanes of at least 4 members (excludes halogenated alkanes) is 15. The van der Waals surface area contributed by atoms with Crippen molar-refractivity contribution in [1.82, 2.24) is 0 Å². The van der Waals surface area contributed by atoms with E-state index < -0.39 is 6.04 Å². The van der Waals surface area contributed by atoms with Gasteiger partial charge in [-0.15, -0.1) is 0 Å². The van der Waals surface area contributed by atoms with Crippen LogP contribution in [0.15, 0.2) is 0 Å². The molecule has 0 aliphatic carbocycles. The molecule has 1 unspecified atom stereocenters. The van der Waals surface area contributed by atoms with Crippen molar-refractivity contribution in [1.29, 1.82) is 0 Å². The van der Waals surface area contributed by atoms with Gasteiger partial charge in [-0.1, -0.05) is 103 Å². The number of carbonyl (C=O) groups excluding carboxylic acids is 1. The summed E-state index contributed by atoms with van der Waals surface area (Å²) in [6.07, 6.45) is 21.7. The summed E-state index contributed by atoms with van der Waals surface area (Å²) in [5.74, 6) is -0.282. The zero-order valence-electron chi connectivity index (χ0n) is 17.5. The minimum atomic E-state index is -0.494. The standard InChI is InChI=1S/C21H43NO2.Na/c1-3-4-5-6-7-8-9-10-11-12-13-14-15-16-17-18-19-24-21(23)20(2)22;/h20H,3-19,22H2,1-2H3;. The third-order valence-corrected chi connectivity index (χ3v) is 4.61. The van der Waals surface area contributed by atoms with Crippen molar-refractivity contribution in [3.8, 4) is 0 Å². The van der Waals surface area contributed by atoms with E-state index in [0.717, 1.165) is 12.8 Å². The predicted molar refractivity (Wildman–Crippen MR) is 110 cm³/mol. The van der Waals surface area contributed by atoms with E-state index in [1.165, 1.54) is 89.9 Å². The third kappa shape index (κ3) is 22.4. The van der Waals surface area contributed by atoms with Crippen molar-refractivity contribution < 1.29 is 9.53 Å². The Labute approximate surface area is 179 Å². The van der Waals surface area contributed by atoms with Crippen molar-refractivity contribution in [2.24, 2.45) is 5.73 Å². The van der Waals surface area contributed by atoms with Crippen molar-refractivity contribution in [3.05, 3.63) is 0 Å². The van der Waals surface area contributed by atoms with Crippen LogP contribution < -0.4 is 5.73 Å². The molecule has 0 aromatic heterocycles. The van der Waals surface area contributed by atoms with Gasteiger partial charge in [0.05, 0.1) is 6.61 Å². The number of nitrogens with two attached hydrogens (primary N) is 1. The van der Waals surface area contributed by atoms with Gasteiger partial charge >= 0.3 is 5.97 Å². The van der Waals surface area contributed by atoms with E-state index in [0.29, 0.717) is 6.61 Å². The molecule has 1 radical (unpaired) electrons. The maximum Gasteiger partial charge on any atom is 0.322 e.